The third-order valence-electron chi connectivity index (χ3n) is 2.34. The summed E-state index contributed by atoms with van der Waals surface area (Å²) >= 11 is 0. The molecule has 2 aliphatic heterocycles. The number of carbonyl (C=O) groups excluding carboxylic acids is 2. The maximum absolute atomic E-state index is 11.8. The van der Waals surface area contributed by atoms with Gasteiger partial charge >= 0.3 is 0 Å². The van der Waals surface area contributed by atoms with Crippen LogP contribution < -0.4 is 0 Å². The number of rotatable bonds is 0. The van der Waals surface area contributed by atoms with E-state index in [0.717, 1.165) is 0 Å². The number of hydrogen-bond acceptors (Lipinski definition) is 2. The lowest BCUT2D eigenvalue weighted by Crippen LogP contribution is -2.49. The first-order valence-corrected chi connectivity index (χ1v) is 4.35. The Morgan fingerprint density at radius 1 is 1.29 bits per heavy atom. The monoisotopic (exact) mass is 190 g/mol. The summed E-state index contributed by atoms with van der Waals surface area (Å²) in [7, 11) is 0. The molecule has 0 radical (unpaired) electrons. The number of amidine groups is 1. The highest BCUT2D eigenvalue weighted by atomic mass is 16.2. The first-order chi connectivity index (χ1) is 6.53. The van der Waals surface area contributed by atoms with Gasteiger partial charge in [0, 0.05) is 6.20 Å². The highest BCUT2D eigenvalue weighted by molar-refractivity contribution is 6.21. The van der Waals surface area contributed by atoms with Crippen molar-refractivity contribution in [2.24, 2.45) is 10.4 Å². The third-order valence-corrected chi connectivity index (χ3v) is 2.34. The molecule has 0 aromatic heterocycles. The Kier molecular flexibility index (Phi) is 1.67. The van der Waals surface area contributed by atoms with Crippen LogP contribution in [0.5, 0.6) is 0 Å². The van der Waals surface area contributed by atoms with Gasteiger partial charge in [0.05, 0.1) is 0 Å². The van der Waals surface area contributed by atoms with Gasteiger partial charge in [0.2, 0.25) is 5.91 Å². The van der Waals surface area contributed by atoms with Crippen molar-refractivity contribution in [1.29, 1.82) is 0 Å². The molecule has 14 heavy (non-hydrogen) atoms. The predicted octanol–water partition coefficient (Wildman–Crippen LogP) is 0.863. The van der Waals surface area contributed by atoms with Crippen LogP contribution in [0.1, 0.15) is 13.8 Å². The van der Waals surface area contributed by atoms with Gasteiger partial charge in [-0.1, -0.05) is 6.08 Å². The van der Waals surface area contributed by atoms with E-state index in [-0.39, 0.29) is 11.8 Å². The van der Waals surface area contributed by atoms with Crippen LogP contribution in [0.25, 0.3) is 0 Å². The van der Waals surface area contributed by atoms with Crippen LogP contribution in [-0.2, 0) is 9.59 Å². The fraction of sp³-hybridized carbons (Fsp3) is 0.300. The van der Waals surface area contributed by atoms with Crippen molar-refractivity contribution in [3.05, 3.63) is 24.4 Å². The van der Waals surface area contributed by atoms with E-state index in [0.29, 0.717) is 5.84 Å². The summed E-state index contributed by atoms with van der Waals surface area (Å²) in [5.41, 5.74) is -1.04. The van der Waals surface area contributed by atoms with E-state index in [1.807, 2.05) is 0 Å². The molecule has 0 N–H and O–H groups in total. The van der Waals surface area contributed by atoms with Crippen LogP contribution in [0, 0.1) is 5.41 Å². The van der Waals surface area contributed by atoms with Crippen LogP contribution in [0.2, 0.25) is 0 Å². The fourth-order valence-corrected chi connectivity index (χ4v) is 1.33. The fourth-order valence-electron chi connectivity index (χ4n) is 1.33. The van der Waals surface area contributed by atoms with Gasteiger partial charge in [-0.15, -0.1) is 0 Å². The van der Waals surface area contributed by atoms with E-state index in [4.69, 9.17) is 0 Å². The van der Waals surface area contributed by atoms with E-state index in [2.05, 4.69) is 4.99 Å². The number of allylic oxidation sites excluding steroid dienone is 2. The zero-order valence-corrected chi connectivity index (χ0v) is 8.02. The summed E-state index contributed by atoms with van der Waals surface area (Å²) in [5, 5.41) is 0. The van der Waals surface area contributed by atoms with Crippen LogP contribution in [0.4, 0.5) is 0 Å². The summed E-state index contributed by atoms with van der Waals surface area (Å²) in [5.74, 6) is -0.205. The second-order valence-corrected chi connectivity index (χ2v) is 3.78. The number of nitrogens with zero attached hydrogens (tertiary/aromatic N) is 2. The van der Waals surface area contributed by atoms with Crippen molar-refractivity contribution in [3.8, 4) is 0 Å². The molecule has 0 unspecified atom stereocenters. The molecule has 0 fully saturated rings. The Morgan fingerprint density at radius 2 is 2.00 bits per heavy atom. The highest BCUT2D eigenvalue weighted by Gasteiger charge is 2.43. The first kappa shape index (κ1) is 8.87. The minimum Gasteiger partial charge on any atom is -0.273 e. The van der Waals surface area contributed by atoms with Crippen molar-refractivity contribution in [3.63, 3.8) is 0 Å². The topological polar surface area (TPSA) is 49.7 Å². The van der Waals surface area contributed by atoms with Gasteiger partial charge in [-0.25, -0.2) is 0 Å². The molecule has 0 aromatic rings. The normalized spacial score (nSPS) is 23.6. The Hall–Kier alpha value is -1.71. The molecule has 0 saturated carbocycles. The summed E-state index contributed by atoms with van der Waals surface area (Å²) in [6.45, 7) is 3.17. The lowest BCUT2D eigenvalue weighted by atomic mass is 9.89. The Bertz CT molecular complexity index is 402. The second kappa shape index (κ2) is 2.64. The Labute approximate surface area is 81.6 Å². The second-order valence-electron chi connectivity index (χ2n) is 3.78. The Morgan fingerprint density at radius 3 is 2.71 bits per heavy atom. The number of amides is 2. The maximum Gasteiger partial charge on any atom is 0.262 e. The first-order valence-electron chi connectivity index (χ1n) is 4.35. The molecular weight excluding hydrogens is 180 g/mol. The van der Waals surface area contributed by atoms with E-state index in [9.17, 15) is 9.59 Å². The van der Waals surface area contributed by atoms with E-state index in [1.165, 1.54) is 4.90 Å². The number of carbonyl (C=O) groups is 2. The Balaban J connectivity index is 2.53. The summed E-state index contributed by atoms with van der Waals surface area (Å²) in [4.78, 5) is 28.6. The van der Waals surface area contributed by atoms with Gasteiger partial charge in [0.15, 0.2) is 0 Å². The molecule has 72 valence electrons. The van der Waals surface area contributed by atoms with Crippen LogP contribution in [0.15, 0.2) is 29.4 Å². The molecule has 2 rings (SSSR count). The van der Waals surface area contributed by atoms with Gasteiger partial charge in [-0.05, 0) is 26.0 Å². The average molecular weight is 190 g/mol. The standard InChI is InChI=1S/C10H10N2O2/c1-10(2)8(13)11-7-5-3-4-6-12(7)9(10)14/h3-6H,1-2H3. The van der Waals surface area contributed by atoms with Crippen LogP contribution >= 0.6 is 0 Å². The minimum absolute atomic E-state index is 0.229. The van der Waals surface area contributed by atoms with Crippen molar-refractivity contribution >= 4 is 17.6 Å². The molecule has 0 aromatic carbocycles. The molecule has 4 nitrogen and oxygen atoms in total. The van der Waals surface area contributed by atoms with Gasteiger partial charge in [-0.2, -0.15) is 4.99 Å². The molecule has 0 saturated heterocycles. The molecule has 2 aliphatic rings. The number of aliphatic imine (C=N–C) groups is 1. The van der Waals surface area contributed by atoms with Crippen molar-refractivity contribution in [2.75, 3.05) is 0 Å². The number of fused-ring (bicyclic) bond motifs is 1. The molecule has 2 heterocycles. The average Bonchev–Trinajstić information content (AvgIpc) is 2.15. The lowest BCUT2D eigenvalue weighted by molar-refractivity contribution is -0.144. The van der Waals surface area contributed by atoms with Gasteiger partial charge in [-0.3, -0.25) is 14.5 Å². The summed E-state index contributed by atoms with van der Waals surface area (Å²) < 4.78 is 0. The summed E-state index contributed by atoms with van der Waals surface area (Å²) in [6.07, 6.45) is 6.75. The van der Waals surface area contributed by atoms with Crippen molar-refractivity contribution in [2.45, 2.75) is 13.8 Å². The zero-order valence-electron chi connectivity index (χ0n) is 8.02. The zero-order chi connectivity index (χ0) is 10.3. The predicted molar refractivity (Wildman–Crippen MR) is 51.3 cm³/mol. The summed E-state index contributed by atoms with van der Waals surface area (Å²) in [6, 6.07) is 0. The SMILES string of the molecule is CC1(C)C(=O)N=C2C=CC=CN2C1=O. The molecule has 0 bridgehead atoms. The molecule has 4 heteroatoms. The van der Waals surface area contributed by atoms with E-state index < -0.39 is 5.41 Å². The smallest absolute Gasteiger partial charge is 0.262 e. The van der Waals surface area contributed by atoms with E-state index in [1.54, 1.807) is 38.3 Å². The van der Waals surface area contributed by atoms with Gasteiger partial charge in [0.25, 0.3) is 5.91 Å². The third kappa shape index (κ3) is 1.04. The molecule has 2 amide bonds. The van der Waals surface area contributed by atoms with Crippen LogP contribution in [-0.4, -0.2) is 22.5 Å². The van der Waals surface area contributed by atoms with Crippen molar-refractivity contribution < 1.29 is 9.59 Å². The maximum atomic E-state index is 11.8. The quantitative estimate of drug-likeness (QED) is 0.532. The molecule has 0 spiro atoms. The van der Waals surface area contributed by atoms with Crippen LogP contribution in [0.3, 0.4) is 0 Å². The lowest BCUT2D eigenvalue weighted by Gasteiger charge is -2.32. The van der Waals surface area contributed by atoms with Gasteiger partial charge < -0.3 is 0 Å². The minimum atomic E-state index is -1.04. The van der Waals surface area contributed by atoms with Gasteiger partial charge in [0.1, 0.15) is 11.3 Å². The highest BCUT2D eigenvalue weighted by Crippen LogP contribution is 2.27. The molecular formula is C10H10N2O2. The van der Waals surface area contributed by atoms with Crippen molar-refractivity contribution in [1.82, 2.24) is 4.90 Å². The molecule has 0 aliphatic carbocycles. The molecule has 0 atom stereocenters. The largest absolute Gasteiger partial charge is 0.273 e. The number of hydrogen-bond donors (Lipinski definition) is 0. The van der Waals surface area contributed by atoms with E-state index >= 15 is 0 Å².